The SMILES string of the molecule is N#Cc1ccc(N2c3ccccc3[SH]3c4c2cccc4-n2c4ccccc4c4c2c3cc2c3ccccc3n(-c3ccccc3)c24)cc1. The van der Waals surface area contributed by atoms with Crippen molar-refractivity contribution >= 4 is 71.6 Å². The maximum atomic E-state index is 9.54. The minimum absolute atomic E-state index is 0.662. The van der Waals surface area contributed by atoms with E-state index in [2.05, 4.69) is 160 Å². The molecule has 0 saturated heterocycles. The highest BCUT2D eigenvalue weighted by atomic mass is 32.2. The zero-order chi connectivity index (χ0) is 31.5. The van der Waals surface area contributed by atoms with E-state index in [-0.39, 0.29) is 0 Å². The molecule has 11 rings (SSSR count). The van der Waals surface area contributed by atoms with Gasteiger partial charge in [-0.2, -0.15) is 16.2 Å². The predicted octanol–water partition coefficient (Wildman–Crippen LogP) is 11.3. The Labute approximate surface area is 279 Å². The van der Waals surface area contributed by atoms with Crippen LogP contribution < -0.4 is 4.90 Å². The second kappa shape index (κ2) is 9.42. The van der Waals surface area contributed by atoms with Crippen LogP contribution in [0.5, 0.6) is 0 Å². The maximum absolute atomic E-state index is 9.54. The van der Waals surface area contributed by atoms with Crippen LogP contribution in [0.15, 0.2) is 166 Å². The van der Waals surface area contributed by atoms with E-state index in [9.17, 15) is 5.26 Å². The fourth-order valence-corrected chi connectivity index (χ4v) is 11.1. The largest absolute Gasteiger partial charge is 0.309 e. The Bertz CT molecular complexity index is 2860. The summed E-state index contributed by atoms with van der Waals surface area (Å²) in [5.74, 6) is 0. The number of aromatic nitrogens is 2. The number of nitriles is 1. The second-order valence-electron chi connectivity index (χ2n) is 12.5. The summed E-state index contributed by atoms with van der Waals surface area (Å²) < 4.78 is 5.01. The number of benzene rings is 7. The van der Waals surface area contributed by atoms with Crippen LogP contribution in [0.1, 0.15) is 5.56 Å². The predicted molar refractivity (Wildman–Crippen MR) is 198 cm³/mol. The molecular weight excluding hydrogens is 605 g/mol. The molecule has 1 atom stereocenters. The average molecular weight is 631 g/mol. The van der Waals surface area contributed by atoms with Gasteiger partial charge in [0.05, 0.1) is 50.8 Å². The van der Waals surface area contributed by atoms with E-state index in [1.54, 1.807) is 0 Å². The van der Waals surface area contributed by atoms with Crippen molar-refractivity contribution in [3.8, 4) is 17.4 Å². The van der Waals surface area contributed by atoms with Gasteiger partial charge in [-0.3, -0.25) is 0 Å². The van der Waals surface area contributed by atoms with Gasteiger partial charge < -0.3 is 14.0 Å². The summed E-state index contributed by atoms with van der Waals surface area (Å²) in [6.07, 6.45) is 0. The zero-order valence-electron chi connectivity index (χ0n) is 25.7. The number of fused-ring (bicyclic) bond motifs is 11. The molecule has 4 nitrogen and oxygen atoms in total. The van der Waals surface area contributed by atoms with Gasteiger partial charge >= 0.3 is 0 Å². The van der Waals surface area contributed by atoms with Crippen LogP contribution in [0.25, 0.3) is 55.0 Å². The lowest BCUT2D eigenvalue weighted by atomic mass is 10.1. The number of anilines is 3. The van der Waals surface area contributed by atoms with Gasteiger partial charge in [-0.05, 0) is 78.9 Å². The number of hydrogen-bond donors (Lipinski definition) is 1. The van der Waals surface area contributed by atoms with Gasteiger partial charge in [0.25, 0.3) is 0 Å². The first-order valence-corrected chi connectivity index (χ1v) is 17.5. The normalized spacial score (nSPS) is 15.1. The molecule has 0 radical (unpaired) electrons. The summed E-state index contributed by atoms with van der Waals surface area (Å²) in [6.45, 7) is 0. The molecular formula is C43H26N4S. The molecule has 0 aliphatic carbocycles. The smallest absolute Gasteiger partial charge is 0.0991 e. The third-order valence-electron chi connectivity index (χ3n) is 10.1. The van der Waals surface area contributed by atoms with Gasteiger partial charge in [-0.25, -0.2) is 0 Å². The van der Waals surface area contributed by atoms with E-state index in [4.69, 9.17) is 0 Å². The number of nitrogens with zero attached hydrogens (tertiary/aromatic N) is 4. The Morgan fingerprint density at radius 3 is 1.96 bits per heavy atom. The van der Waals surface area contributed by atoms with Gasteiger partial charge in [-0.1, -0.05) is 72.8 Å². The zero-order valence-corrected chi connectivity index (χ0v) is 26.6. The Kier molecular flexibility index (Phi) is 5.08. The highest BCUT2D eigenvalue weighted by molar-refractivity contribution is 8.17. The molecule has 7 aromatic carbocycles. The van der Waals surface area contributed by atoms with Crippen molar-refractivity contribution in [3.05, 3.63) is 157 Å². The molecule has 0 amide bonds. The standard InChI is InChI=1S/C43H26N4S/c44-26-27-21-23-29(24-22-27)45-35-17-8-9-20-38(35)48-39-25-32-30-13-4-6-15-33(30)46(28-11-2-1-3-12-28)41(32)40-31-14-5-7-16-34(31)47(42(39)40)37-19-10-18-36(45)43(37)48/h1-25,48H. The Morgan fingerprint density at radius 1 is 0.479 bits per heavy atom. The van der Waals surface area contributed by atoms with Crippen LogP contribution in [0.4, 0.5) is 17.1 Å². The van der Waals surface area contributed by atoms with Crippen molar-refractivity contribution in [1.29, 1.82) is 5.26 Å². The maximum Gasteiger partial charge on any atom is 0.0991 e. The van der Waals surface area contributed by atoms with Crippen molar-refractivity contribution in [2.75, 3.05) is 4.90 Å². The molecule has 2 aliphatic heterocycles. The highest BCUT2D eigenvalue weighted by Gasteiger charge is 2.38. The van der Waals surface area contributed by atoms with E-state index in [1.807, 2.05) is 12.1 Å². The Hall–Kier alpha value is -6.22. The lowest BCUT2D eigenvalue weighted by Crippen LogP contribution is -2.20. The number of thiol groups is 1. The summed E-state index contributed by atoms with van der Waals surface area (Å²) in [7, 11) is -0.901. The van der Waals surface area contributed by atoms with Crippen molar-refractivity contribution in [2.24, 2.45) is 0 Å². The number of rotatable bonds is 2. The van der Waals surface area contributed by atoms with E-state index >= 15 is 0 Å². The van der Waals surface area contributed by atoms with E-state index < -0.39 is 10.9 Å². The lowest BCUT2D eigenvalue weighted by Gasteiger charge is -2.43. The van der Waals surface area contributed by atoms with Crippen LogP contribution in [0, 0.1) is 11.3 Å². The Balaban J connectivity index is 1.34. The minimum atomic E-state index is -0.901. The molecule has 224 valence electrons. The van der Waals surface area contributed by atoms with Crippen molar-refractivity contribution < 1.29 is 0 Å². The third-order valence-corrected chi connectivity index (χ3v) is 12.7. The number of para-hydroxylation sites is 4. The van der Waals surface area contributed by atoms with Crippen LogP contribution in [0.2, 0.25) is 0 Å². The molecule has 2 aromatic heterocycles. The first-order chi connectivity index (χ1) is 23.8. The van der Waals surface area contributed by atoms with Gasteiger partial charge in [0, 0.05) is 47.6 Å². The molecule has 0 spiro atoms. The third kappa shape index (κ3) is 3.20. The first kappa shape index (κ1) is 25.9. The van der Waals surface area contributed by atoms with Crippen LogP contribution in [-0.2, 0) is 0 Å². The van der Waals surface area contributed by atoms with Gasteiger partial charge in [0.1, 0.15) is 0 Å². The summed E-state index contributed by atoms with van der Waals surface area (Å²) in [5, 5.41) is 14.7. The molecule has 5 heteroatoms. The van der Waals surface area contributed by atoms with E-state index in [1.165, 1.54) is 81.0 Å². The molecule has 4 heterocycles. The van der Waals surface area contributed by atoms with Crippen LogP contribution in [0.3, 0.4) is 0 Å². The van der Waals surface area contributed by atoms with Crippen LogP contribution in [-0.4, -0.2) is 9.13 Å². The molecule has 0 saturated carbocycles. The minimum Gasteiger partial charge on any atom is -0.309 e. The topological polar surface area (TPSA) is 36.9 Å². The van der Waals surface area contributed by atoms with Gasteiger partial charge in [0.2, 0.25) is 0 Å². The van der Waals surface area contributed by atoms with Gasteiger partial charge in [0.15, 0.2) is 0 Å². The quantitative estimate of drug-likeness (QED) is 0.193. The molecule has 1 unspecified atom stereocenters. The summed E-state index contributed by atoms with van der Waals surface area (Å²) in [4.78, 5) is 6.51. The van der Waals surface area contributed by atoms with E-state index in [0.717, 1.165) is 5.69 Å². The van der Waals surface area contributed by atoms with Crippen molar-refractivity contribution in [2.45, 2.75) is 14.7 Å². The fraction of sp³-hybridized carbons (Fsp3) is 0. The average Bonchev–Trinajstić information content (AvgIpc) is 3.67. The lowest BCUT2D eigenvalue weighted by molar-refractivity contribution is 1.05. The summed E-state index contributed by atoms with van der Waals surface area (Å²) in [5.41, 5.74) is 11.5. The molecule has 2 aliphatic rings. The molecule has 0 N–H and O–H groups in total. The van der Waals surface area contributed by atoms with Crippen LogP contribution >= 0.6 is 10.9 Å². The fourth-order valence-electron chi connectivity index (χ4n) is 8.27. The summed E-state index contributed by atoms with van der Waals surface area (Å²) in [6, 6.07) is 57.1. The molecule has 48 heavy (non-hydrogen) atoms. The summed E-state index contributed by atoms with van der Waals surface area (Å²) >= 11 is 0. The molecule has 9 aromatic rings. The molecule has 0 bridgehead atoms. The van der Waals surface area contributed by atoms with Crippen molar-refractivity contribution in [3.63, 3.8) is 0 Å². The Morgan fingerprint density at radius 2 is 1.15 bits per heavy atom. The monoisotopic (exact) mass is 630 g/mol. The molecule has 0 fully saturated rings. The van der Waals surface area contributed by atoms with E-state index in [0.29, 0.717) is 5.56 Å². The first-order valence-electron chi connectivity index (χ1n) is 16.2. The second-order valence-corrected chi connectivity index (χ2v) is 14.6. The van der Waals surface area contributed by atoms with Crippen molar-refractivity contribution in [1.82, 2.24) is 9.13 Å². The van der Waals surface area contributed by atoms with Gasteiger partial charge in [-0.15, -0.1) is 0 Å². The highest BCUT2D eigenvalue weighted by Crippen LogP contribution is 2.69. The number of hydrogen-bond acceptors (Lipinski definition) is 2.